The van der Waals surface area contributed by atoms with Crippen LogP contribution in [0.1, 0.15) is 67.2 Å². The van der Waals surface area contributed by atoms with E-state index in [0.29, 0.717) is 0 Å². The van der Waals surface area contributed by atoms with Crippen molar-refractivity contribution in [2.24, 2.45) is 11.8 Å². The summed E-state index contributed by atoms with van der Waals surface area (Å²) in [7, 11) is -3.77. The van der Waals surface area contributed by atoms with Gasteiger partial charge in [-0.2, -0.15) is 0 Å². The summed E-state index contributed by atoms with van der Waals surface area (Å²) >= 11 is 0. The fourth-order valence-electron chi connectivity index (χ4n) is 4.56. The lowest BCUT2D eigenvalue weighted by Gasteiger charge is -2.38. The quantitative estimate of drug-likeness (QED) is 0.454. The van der Waals surface area contributed by atoms with Crippen molar-refractivity contribution in [2.45, 2.75) is 89.0 Å². The lowest BCUT2D eigenvalue weighted by molar-refractivity contribution is -0.148. The minimum atomic E-state index is -3.77. The van der Waals surface area contributed by atoms with E-state index in [1.807, 2.05) is 20.8 Å². The molecule has 1 aromatic rings. The van der Waals surface area contributed by atoms with Gasteiger partial charge in [0.1, 0.15) is 11.4 Å². The largest absolute Gasteiger partial charge is 0.461 e. The summed E-state index contributed by atoms with van der Waals surface area (Å²) in [6, 6.07) is 8.32. The van der Waals surface area contributed by atoms with Gasteiger partial charge in [0.25, 0.3) is 0 Å². The van der Waals surface area contributed by atoms with Gasteiger partial charge in [-0.3, -0.25) is 9.59 Å². The van der Waals surface area contributed by atoms with Crippen molar-refractivity contribution in [3.8, 4) is 0 Å². The second-order valence-corrected chi connectivity index (χ2v) is 11.7. The highest BCUT2D eigenvalue weighted by Gasteiger charge is 2.38. The highest BCUT2D eigenvalue weighted by atomic mass is 32.2. The van der Waals surface area contributed by atoms with E-state index in [4.69, 9.17) is 4.74 Å². The lowest BCUT2D eigenvalue weighted by atomic mass is 9.75. The number of hydrogen-bond acceptors (Lipinski definition) is 5. The topological polar surface area (TPSA) is 89.5 Å². The molecule has 0 spiro atoms. The Hall–Kier alpha value is -2.15. The Balaban J connectivity index is 2.39. The van der Waals surface area contributed by atoms with Gasteiger partial charge in [-0.05, 0) is 63.5 Å². The van der Waals surface area contributed by atoms with Crippen LogP contribution >= 0.6 is 0 Å². The number of nitrogens with one attached hydrogen (secondary N) is 1. The number of allylic oxidation sites excluding steroid dienone is 1. The van der Waals surface area contributed by atoms with Crippen molar-refractivity contribution in [1.29, 1.82) is 0 Å². The van der Waals surface area contributed by atoms with Crippen LogP contribution in [0.25, 0.3) is 0 Å². The summed E-state index contributed by atoms with van der Waals surface area (Å²) in [5.74, 6) is -0.489. The average Bonchev–Trinajstić information content (AvgIpc) is 2.70. The number of sulfone groups is 1. The molecule has 2 atom stereocenters. The maximum Gasteiger partial charge on any atom is 0.302 e. The van der Waals surface area contributed by atoms with Gasteiger partial charge in [-0.25, -0.2) is 8.42 Å². The number of rotatable bonds is 8. The monoisotopic (exact) mass is 463 g/mol. The fraction of sp³-hybridized carbons (Fsp3) is 0.600. The van der Waals surface area contributed by atoms with Crippen LogP contribution in [0.4, 0.5) is 0 Å². The molecule has 1 aromatic carbocycles. The van der Waals surface area contributed by atoms with Crippen molar-refractivity contribution < 1.29 is 22.7 Å². The predicted molar refractivity (Wildman–Crippen MR) is 126 cm³/mol. The SMILES string of the molecule is CC(=O)NC1(C)CCC(/C(C)=C/C(C(OC(C)=O)C(C)C)S(=O)(=O)c2ccccc2)CC1. The molecule has 178 valence electrons. The van der Waals surface area contributed by atoms with Crippen LogP contribution in [0, 0.1) is 11.8 Å². The van der Waals surface area contributed by atoms with Gasteiger partial charge in [-0.1, -0.05) is 43.7 Å². The summed E-state index contributed by atoms with van der Waals surface area (Å²) in [5, 5.41) is 2.07. The van der Waals surface area contributed by atoms with Crippen LogP contribution in [0.3, 0.4) is 0 Å². The second-order valence-electron chi connectivity index (χ2n) is 9.57. The Morgan fingerprint density at radius 3 is 2.12 bits per heavy atom. The Morgan fingerprint density at radius 1 is 1.09 bits per heavy atom. The third-order valence-electron chi connectivity index (χ3n) is 6.35. The van der Waals surface area contributed by atoms with Gasteiger partial charge in [0, 0.05) is 19.4 Å². The van der Waals surface area contributed by atoms with E-state index >= 15 is 0 Å². The molecule has 2 unspecified atom stereocenters. The summed E-state index contributed by atoms with van der Waals surface area (Å²) in [5.41, 5.74) is 0.758. The molecule has 1 amide bonds. The van der Waals surface area contributed by atoms with Crippen molar-refractivity contribution in [1.82, 2.24) is 5.32 Å². The van der Waals surface area contributed by atoms with Crippen molar-refractivity contribution in [3.63, 3.8) is 0 Å². The Labute approximate surface area is 192 Å². The Morgan fingerprint density at radius 2 is 1.66 bits per heavy atom. The zero-order chi connectivity index (χ0) is 24.1. The molecule has 1 saturated carbocycles. The summed E-state index contributed by atoms with van der Waals surface area (Å²) in [6.07, 6.45) is 4.38. The smallest absolute Gasteiger partial charge is 0.302 e. The molecule has 2 rings (SSSR count). The van der Waals surface area contributed by atoms with Gasteiger partial charge in [-0.15, -0.1) is 0 Å². The number of hydrogen-bond donors (Lipinski definition) is 1. The Kier molecular flexibility index (Phi) is 8.68. The number of ether oxygens (including phenoxy) is 1. The van der Waals surface area contributed by atoms with Crippen LogP contribution < -0.4 is 5.32 Å². The molecule has 0 aromatic heterocycles. The molecule has 1 aliphatic carbocycles. The summed E-state index contributed by atoms with van der Waals surface area (Å²) in [6.45, 7) is 10.6. The molecule has 0 heterocycles. The standard InChI is InChI=1S/C25H37NO5S/c1-17(2)24(31-20(5)28)23(32(29,30)22-10-8-7-9-11-22)16-18(3)21-12-14-25(6,15-13-21)26-19(4)27/h7-11,16-17,21,23-24H,12-15H2,1-6H3,(H,26,27)/b18-16+. The van der Waals surface area contributed by atoms with Crippen LogP contribution in [0.15, 0.2) is 46.9 Å². The molecule has 7 heteroatoms. The van der Waals surface area contributed by atoms with E-state index in [1.54, 1.807) is 36.4 Å². The van der Waals surface area contributed by atoms with E-state index in [9.17, 15) is 18.0 Å². The van der Waals surface area contributed by atoms with Gasteiger partial charge in [0.15, 0.2) is 9.84 Å². The minimum Gasteiger partial charge on any atom is -0.461 e. The van der Waals surface area contributed by atoms with Crippen molar-refractivity contribution >= 4 is 21.7 Å². The number of carbonyl (C=O) groups is 2. The van der Waals surface area contributed by atoms with Gasteiger partial charge in [0.2, 0.25) is 5.91 Å². The molecular formula is C25H37NO5S. The number of amides is 1. The molecule has 1 aliphatic rings. The third-order valence-corrected chi connectivity index (χ3v) is 8.40. The highest BCUT2D eigenvalue weighted by Crippen LogP contribution is 2.37. The van der Waals surface area contributed by atoms with Gasteiger partial charge < -0.3 is 10.1 Å². The molecule has 1 fully saturated rings. The zero-order valence-electron chi connectivity index (χ0n) is 20.1. The third kappa shape index (κ3) is 6.67. The van der Waals surface area contributed by atoms with E-state index in [-0.39, 0.29) is 28.2 Å². The molecule has 6 nitrogen and oxygen atoms in total. The summed E-state index contributed by atoms with van der Waals surface area (Å²) in [4.78, 5) is 23.5. The number of benzene rings is 1. The molecule has 0 radical (unpaired) electrons. The number of esters is 1. The first-order valence-corrected chi connectivity index (χ1v) is 12.8. The lowest BCUT2D eigenvalue weighted by Crippen LogP contribution is -2.47. The fourth-order valence-corrected chi connectivity index (χ4v) is 6.53. The average molecular weight is 464 g/mol. The van der Waals surface area contributed by atoms with Crippen LogP contribution in [-0.2, 0) is 24.2 Å². The van der Waals surface area contributed by atoms with Crippen LogP contribution in [0.2, 0.25) is 0 Å². The van der Waals surface area contributed by atoms with E-state index in [0.717, 1.165) is 31.3 Å². The Bertz CT molecular complexity index is 928. The maximum absolute atomic E-state index is 13.6. The maximum atomic E-state index is 13.6. The first kappa shape index (κ1) is 26.1. The second kappa shape index (κ2) is 10.6. The first-order chi connectivity index (χ1) is 14.9. The summed E-state index contributed by atoms with van der Waals surface area (Å²) < 4.78 is 32.8. The minimum absolute atomic E-state index is 0.0339. The molecule has 0 aliphatic heterocycles. The van der Waals surface area contributed by atoms with Crippen molar-refractivity contribution in [2.75, 3.05) is 0 Å². The molecule has 1 N–H and O–H groups in total. The van der Waals surface area contributed by atoms with Gasteiger partial charge in [0.05, 0.1) is 4.90 Å². The molecule has 0 saturated heterocycles. The molecular weight excluding hydrogens is 426 g/mol. The van der Waals surface area contributed by atoms with E-state index < -0.39 is 27.2 Å². The first-order valence-electron chi connectivity index (χ1n) is 11.3. The number of carbonyl (C=O) groups excluding carboxylic acids is 2. The zero-order valence-corrected chi connectivity index (χ0v) is 20.9. The van der Waals surface area contributed by atoms with Crippen LogP contribution in [-0.4, -0.2) is 37.2 Å². The van der Waals surface area contributed by atoms with Crippen molar-refractivity contribution in [3.05, 3.63) is 42.0 Å². The van der Waals surface area contributed by atoms with Gasteiger partial charge >= 0.3 is 5.97 Å². The van der Waals surface area contributed by atoms with Crippen LogP contribution in [0.5, 0.6) is 0 Å². The van der Waals surface area contributed by atoms with E-state index in [1.165, 1.54) is 13.8 Å². The van der Waals surface area contributed by atoms with E-state index in [2.05, 4.69) is 12.2 Å². The predicted octanol–water partition coefficient (Wildman–Crippen LogP) is 4.45. The highest BCUT2D eigenvalue weighted by molar-refractivity contribution is 7.92. The molecule has 0 bridgehead atoms. The normalized spacial score (nSPS) is 24.0. The molecule has 32 heavy (non-hydrogen) atoms.